The average molecular weight is 290 g/mol. The topological polar surface area (TPSA) is 48.3 Å². The van der Waals surface area contributed by atoms with E-state index in [1.165, 1.54) is 32.4 Å². The second kappa shape index (κ2) is 7.56. The van der Waals surface area contributed by atoms with Gasteiger partial charge in [-0.15, -0.1) is 12.3 Å². The zero-order valence-corrected chi connectivity index (χ0v) is 13.1. The molecule has 0 aromatic rings. The highest BCUT2D eigenvalue weighted by atomic mass is 16.2. The summed E-state index contributed by atoms with van der Waals surface area (Å²) in [5, 5.41) is 8.15. The van der Waals surface area contributed by atoms with E-state index in [0.29, 0.717) is 19.3 Å². The third-order valence-electron chi connectivity index (χ3n) is 4.42. The third kappa shape index (κ3) is 5.13. The Morgan fingerprint density at radius 3 is 2.62 bits per heavy atom. The predicted octanol–water partition coefficient (Wildman–Crippen LogP) is 2.29. The molecule has 0 N–H and O–H groups in total. The molecule has 21 heavy (non-hydrogen) atoms. The molecule has 2 heterocycles. The van der Waals surface area contributed by atoms with E-state index < -0.39 is 0 Å². The molecular formula is C16H26N4O. The second-order valence-electron chi connectivity index (χ2n) is 6.10. The fourth-order valence-electron chi connectivity index (χ4n) is 2.77. The van der Waals surface area contributed by atoms with Crippen LogP contribution in [-0.2, 0) is 4.79 Å². The van der Waals surface area contributed by atoms with Crippen LogP contribution in [0.25, 0.3) is 0 Å². The van der Waals surface area contributed by atoms with Crippen LogP contribution in [0.2, 0.25) is 0 Å². The van der Waals surface area contributed by atoms with E-state index >= 15 is 0 Å². The molecule has 1 fully saturated rings. The SMILES string of the molecule is C#CCCC1(CCC(=O)N(C)CCN2CCCCC2)N=N1. The Hall–Kier alpha value is -1.41. The van der Waals surface area contributed by atoms with E-state index in [2.05, 4.69) is 21.0 Å². The van der Waals surface area contributed by atoms with Gasteiger partial charge in [-0.05, 0) is 25.9 Å². The number of nitrogens with zero attached hydrogens (tertiary/aromatic N) is 4. The number of piperidine rings is 1. The van der Waals surface area contributed by atoms with Crippen molar-refractivity contribution in [3.63, 3.8) is 0 Å². The van der Waals surface area contributed by atoms with Gasteiger partial charge in [-0.25, -0.2) is 0 Å². The number of likely N-dealkylation sites (N-methyl/N-ethyl adjacent to an activating group) is 1. The van der Waals surface area contributed by atoms with Crippen molar-refractivity contribution in [3.05, 3.63) is 0 Å². The van der Waals surface area contributed by atoms with E-state index in [9.17, 15) is 4.79 Å². The van der Waals surface area contributed by atoms with Crippen molar-refractivity contribution in [1.82, 2.24) is 9.80 Å². The van der Waals surface area contributed by atoms with Crippen LogP contribution in [0.3, 0.4) is 0 Å². The van der Waals surface area contributed by atoms with Crippen LogP contribution >= 0.6 is 0 Å². The van der Waals surface area contributed by atoms with Crippen LogP contribution in [0, 0.1) is 12.3 Å². The standard InChI is InChI=1S/C16H26N4O/c1-3-4-9-16(17-18-16)10-8-15(21)19(2)13-14-20-11-6-5-7-12-20/h1H,4-14H2,2H3. The lowest BCUT2D eigenvalue weighted by atomic mass is 10.0. The lowest BCUT2D eigenvalue weighted by Crippen LogP contribution is -2.38. The number of rotatable bonds is 8. The first-order valence-electron chi connectivity index (χ1n) is 7.99. The first-order chi connectivity index (χ1) is 10.2. The van der Waals surface area contributed by atoms with Gasteiger partial charge >= 0.3 is 0 Å². The van der Waals surface area contributed by atoms with Crippen LogP contribution in [0.4, 0.5) is 0 Å². The lowest BCUT2D eigenvalue weighted by molar-refractivity contribution is -0.130. The fraction of sp³-hybridized carbons (Fsp3) is 0.812. The number of carbonyl (C=O) groups is 1. The minimum absolute atomic E-state index is 0.185. The minimum Gasteiger partial charge on any atom is -0.344 e. The van der Waals surface area contributed by atoms with Gasteiger partial charge in [0.2, 0.25) is 5.91 Å². The van der Waals surface area contributed by atoms with E-state index in [1.807, 2.05) is 11.9 Å². The molecule has 0 unspecified atom stereocenters. The smallest absolute Gasteiger partial charge is 0.222 e. The van der Waals surface area contributed by atoms with Gasteiger partial charge < -0.3 is 9.80 Å². The molecular weight excluding hydrogens is 264 g/mol. The molecule has 2 aliphatic heterocycles. The molecule has 5 nitrogen and oxygen atoms in total. The molecule has 0 atom stereocenters. The monoisotopic (exact) mass is 290 g/mol. The van der Waals surface area contributed by atoms with Gasteiger partial charge in [0, 0.05) is 45.8 Å². The van der Waals surface area contributed by atoms with Crippen molar-refractivity contribution < 1.29 is 4.79 Å². The minimum atomic E-state index is -0.338. The number of likely N-dealkylation sites (tertiary alicyclic amines) is 1. The molecule has 0 bridgehead atoms. The number of terminal acetylenes is 1. The van der Waals surface area contributed by atoms with Crippen LogP contribution in [0.5, 0.6) is 0 Å². The number of carbonyl (C=O) groups excluding carboxylic acids is 1. The van der Waals surface area contributed by atoms with Crippen LogP contribution in [0.15, 0.2) is 10.2 Å². The van der Waals surface area contributed by atoms with E-state index in [1.54, 1.807) is 0 Å². The quantitative estimate of drug-likeness (QED) is 0.644. The molecule has 0 aromatic carbocycles. The Morgan fingerprint density at radius 2 is 2.00 bits per heavy atom. The van der Waals surface area contributed by atoms with E-state index in [-0.39, 0.29) is 11.6 Å². The number of hydrogen-bond donors (Lipinski definition) is 0. The van der Waals surface area contributed by atoms with Crippen LogP contribution < -0.4 is 0 Å². The summed E-state index contributed by atoms with van der Waals surface area (Å²) in [5.41, 5.74) is -0.338. The Labute approximate surface area is 127 Å². The summed E-state index contributed by atoms with van der Waals surface area (Å²) in [5.74, 6) is 2.79. The Kier molecular flexibility index (Phi) is 5.75. The van der Waals surface area contributed by atoms with Crippen molar-refractivity contribution in [3.8, 4) is 12.3 Å². The summed E-state index contributed by atoms with van der Waals surface area (Å²) in [4.78, 5) is 16.4. The molecule has 2 rings (SSSR count). The van der Waals surface area contributed by atoms with E-state index in [0.717, 1.165) is 19.5 Å². The summed E-state index contributed by atoms with van der Waals surface area (Å²) < 4.78 is 0. The fourth-order valence-corrected chi connectivity index (χ4v) is 2.77. The zero-order chi connectivity index (χ0) is 15.1. The molecule has 1 saturated heterocycles. The lowest BCUT2D eigenvalue weighted by Gasteiger charge is -2.28. The molecule has 1 amide bonds. The Morgan fingerprint density at radius 1 is 1.29 bits per heavy atom. The largest absolute Gasteiger partial charge is 0.344 e. The average Bonchev–Trinajstić information content (AvgIpc) is 3.30. The Balaban J connectivity index is 1.62. The first kappa shape index (κ1) is 16.0. The molecule has 0 aromatic heterocycles. The summed E-state index contributed by atoms with van der Waals surface area (Å²) in [7, 11) is 1.89. The normalized spacial score (nSPS) is 20.0. The summed E-state index contributed by atoms with van der Waals surface area (Å²) >= 11 is 0. The zero-order valence-electron chi connectivity index (χ0n) is 13.1. The highest BCUT2D eigenvalue weighted by Gasteiger charge is 2.39. The Bertz CT molecular complexity index is 414. The maximum atomic E-state index is 12.1. The van der Waals surface area contributed by atoms with Crippen molar-refractivity contribution in [2.75, 3.05) is 33.2 Å². The van der Waals surface area contributed by atoms with Crippen molar-refractivity contribution in [2.24, 2.45) is 10.2 Å². The maximum Gasteiger partial charge on any atom is 0.222 e. The summed E-state index contributed by atoms with van der Waals surface area (Å²) in [6.07, 6.45) is 11.8. The highest BCUT2D eigenvalue weighted by Crippen LogP contribution is 2.37. The van der Waals surface area contributed by atoms with E-state index in [4.69, 9.17) is 6.42 Å². The second-order valence-corrected chi connectivity index (χ2v) is 6.10. The van der Waals surface area contributed by atoms with Crippen LogP contribution in [-0.4, -0.2) is 54.6 Å². The highest BCUT2D eigenvalue weighted by molar-refractivity contribution is 5.76. The number of amides is 1. The molecule has 0 saturated carbocycles. The predicted molar refractivity (Wildman–Crippen MR) is 82.8 cm³/mol. The molecule has 0 radical (unpaired) electrons. The molecule has 0 spiro atoms. The third-order valence-corrected chi connectivity index (χ3v) is 4.42. The van der Waals surface area contributed by atoms with Gasteiger partial charge in [0.05, 0.1) is 0 Å². The summed E-state index contributed by atoms with van der Waals surface area (Å²) in [6, 6.07) is 0. The molecule has 0 aliphatic carbocycles. The van der Waals surface area contributed by atoms with Crippen LogP contribution in [0.1, 0.15) is 44.9 Å². The molecule has 2 aliphatic rings. The maximum absolute atomic E-state index is 12.1. The first-order valence-corrected chi connectivity index (χ1v) is 7.99. The molecule has 5 heteroatoms. The summed E-state index contributed by atoms with van der Waals surface area (Å²) in [6.45, 7) is 4.15. The van der Waals surface area contributed by atoms with Crippen molar-refractivity contribution in [1.29, 1.82) is 0 Å². The molecule has 116 valence electrons. The van der Waals surface area contributed by atoms with Gasteiger partial charge in [0.15, 0.2) is 5.66 Å². The van der Waals surface area contributed by atoms with Gasteiger partial charge in [-0.1, -0.05) is 6.42 Å². The van der Waals surface area contributed by atoms with Gasteiger partial charge in [0.1, 0.15) is 0 Å². The van der Waals surface area contributed by atoms with Gasteiger partial charge in [-0.3, -0.25) is 4.79 Å². The van der Waals surface area contributed by atoms with Gasteiger partial charge in [-0.2, -0.15) is 10.2 Å². The van der Waals surface area contributed by atoms with Gasteiger partial charge in [0.25, 0.3) is 0 Å². The number of hydrogen-bond acceptors (Lipinski definition) is 4. The van der Waals surface area contributed by atoms with Crippen molar-refractivity contribution in [2.45, 2.75) is 50.6 Å². The van der Waals surface area contributed by atoms with Crippen molar-refractivity contribution >= 4 is 5.91 Å².